The van der Waals surface area contributed by atoms with E-state index >= 15 is 0 Å². The molecule has 2 rings (SSSR count). The summed E-state index contributed by atoms with van der Waals surface area (Å²) in [5.74, 6) is 0.755. The summed E-state index contributed by atoms with van der Waals surface area (Å²) in [7, 11) is 3.30. The maximum Gasteiger partial charge on any atom is 0.267 e. The molecule has 5 heteroatoms. The van der Waals surface area contributed by atoms with Gasteiger partial charge in [-0.3, -0.25) is 4.79 Å². The summed E-state index contributed by atoms with van der Waals surface area (Å²) in [4.78, 5) is 14.5. The minimum Gasteiger partial charge on any atom is -0.508 e. The van der Waals surface area contributed by atoms with Gasteiger partial charge in [0.1, 0.15) is 16.4 Å². The van der Waals surface area contributed by atoms with Crippen molar-refractivity contribution < 1.29 is 14.6 Å². The van der Waals surface area contributed by atoms with E-state index in [1.807, 2.05) is 5.38 Å². The van der Waals surface area contributed by atoms with Crippen LogP contribution in [0, 0.1) is 0 Å². The van der Waals surface area contributed by atoms with Gasteiger partial charge < -0.3 is 14.7 Å². The van der Waals surface area contributed by atoms with Crippen molar-refractivity contribution in [3.05, 3.63) is 46.2 Å². The minimum atomic E-state index is -0.0695. The number of aromatic hydroxyl groups is 1. The Balaban J connectivity index is 2.09. The van der Waals surface area contributed by atoms with Crippen LogP contribution < -0.4 is 4.74 Å². The molecule has 0 aliphatic carbocycles. The van der Waals surface area contributed by atoms with Crippen LogP contribution in [0.15, 0.2) is 35.7 Å². The molecule has 4 nitrogen and oxygen atoms in total. The van der Waals surface area contributed by atoms with Crippen LogP contribution in [0.4, 0.5) is 0 Å². The zero-order valence-corrected chi connectivity index (χ0v) is 11.6. The maximum atomic E-state index is 12.3. The van der Waals surface area contributed by atoms with E-state index in [0.29, 0.717) is 17.2 Å². The van der Waals surface area contributed by atoms with Crippen LogP contribution in [0.1, 0.15) is 15.2 Å². The second kappa shape index (κ2) is 5.75. The van der Waals surface area contributed by atoms with E-state index in [-0.39, 0.29) is 11.7 Å². The number of phenols is 1. The monoisotopic (exact) mass is 277 g/mol. The predicted molar refractivity (Wildman–Crippen MR) is 74.8 cm³/mol. The van der Waals surface area contributed by atoms with Gasteiger partial charge in [0.05, 0.1) is 7.11 Å². The zero-order valence-electron chi connectivity index (χ0n) is 10.8. The molecule has 0 saturated carbocycles. The first-order valence-electron chi connectivity index (χ1n) is 5.76. The number of nitrogens with zero attached hydrogens (tertiary/aromatic N) is 1. The molecule has 0 fully saturated rings. The van der Waals surface area contributed by atoms with Crippen molar-refractivity contribution in [2.75, 3.05) is 14.2 Å². The Morgan fingerprint density at radius 1 is 1.32 bits per heavy atom. The number of methoxy groups -OCH3 is 1. The molecule has 0 unspecified atom stereocenters. The number of benzene rings is 1. The second-order valence-electron chi connectivity index (χ2n) is 4.15. The Hall–Kier alpha value is -2.01. The van der Waals surface area contributed by atoms with Gasteiger partial charge in [-0.1, -0.05) is 12.1 Å². The Morgan fingerprint density at radius 2 is 2.00 bits per heavy atom. The van der Waals surface area contributed by atoms with Gasteiger partial charge in [0.25, 0.3) is 5.91 Å². The lowest BCUT2D eigenvalue weighted by Crippen LogP contribution is -2.25. The zero-order chi connectivity index (χ0) is 13.8. The lowest BCUT2D eigenvalue weighted by atomic mass is 10.2. The van der Waals surface area contributed by atoms with Gasteiger partial charge in [0.15, 0.2) is 0 Å². The fourth-order valence-corrected chi connectivity index (χ4v) is 2.59. The Bertz CT molecular complexity index is 562. The number of carbonyl (C=O) groups excluding carboxylic acids is 1. The van der Waals surface area contributed by atoms with E-state index in [1.54, 1.807) is 49.4 Å². The third kappa shape index (κ3) is 3.06. The summed E-state index contributed by atoms with van der Waals surface area (Å²) in [6, 6.07) is 8.60. The third-order valence-electron chi connectivity index (χ3n) is 2.75. The molecule has 0 aliphatic heterocycles. The van der Waals surface area contributed by atoms with Gasteiger partial charge in [-0.15, -0.1) is 11.3 Å². The van der Waals surface area contributed by atoms with Crippen molar-refractivity contribution >= 4 is 17.2 Å². The van der Waals surface area contributed by atoms with E-state index < -0.39 is 0 Å². The van der Waals surface area contributed by atoms with Crippen molar-refractivity contribution in [1.29, 1.82) is 0 Å². The van der Waals surface area contributed by atoms with Crippen molar-refractivity contribution in [3.8, 4) is 11.5 Å². The smallest absolute Gasteiger partial charge is 0.267 e. The molecule has 19 heavy (non-hydrogen) atoms. The van der Waals surface area contributed by atoms with Gasteiger partial charge >= 0.3 is 0 Å². The average molecular weight is 277 g/mol. The summed E-state index contributed by atoms with van der Waals surface area (Å²) in [5, 5.41) is 11.1. The molecular formula is C14H15NO3S. The van der Waals surface area contributed by atoms with Crippen LogP contribution in [-0.2, 0) is 6.54 Å². The summed E-state index contributed by atoms with van der Waals surface area (Å²) in [5.41, 5.74) is 0.962. The number of phenolic OH excluding ortho intramolecular Hbond substituents is 1. The number of amides is 1. The number of ether oxygens (including phenoxy) is 1. The topological polar surface area (TPSA) is 49.8 Å². The number of rotatable bonds is 4. The summed E-state index contributed by atoms with van der Waals surface area (Å²) >= 11 is 1.37. The highest BCUT2D eigenvalue weighted by molar-refractivity contribution is 7.12. The van der Waals surface area contributed by atoms with E-state index in [1.165, 1.54) is 11.3 Å². The minimum absolute atomic E-state index is 0.0695. The van der Waals surface area contributed by atoms with Crippen LogP contribution in [0.3, 0.4) is 0 Å². The van der Waals surface area contributed by atoms with E-state index in [4.69, 9.17) is 4.74 Å². The molecule has 1 amide bonds. The predicted octanol–water partition coefficient (Wildman–Crippen LogP) is 2.73. The largest absolute Gasteiger partial charge is 0.508 e. The first kappa shape index (κ1) is 13.4. The van der Waals surface area contributed by atoms with Gasteiger partial charge in [-0.2, -0.15) is 0 Å². The molecule has 1 heterocycles. The molecule has 100 valence electrons. The lowest BCUT2D eigenvalue weighted by Gasteiger charge is -2.17. The average Bonchev–Trinajstić information content (AvgIpc) is 2.88. The first-order valence-corrected chi connectivity index (χ1v) is 6.64. The normalized spacial score (nSPS) is 10.2. The van der Waals surface area contributed by atoms with Gasteiger partial charge in [-0.05, 0) is 29.1 Å². The molecule has 0 atom stereocenters. The summed E-state index contributed by atoms with van der Waals surface area (Å²) in [6.07, 6.45) is 0. The standard InChI is InChI=1S/C14H15NO3S/c1-15(9-10-3-5-11(16)6-4-10)14(17)13-12(18-2)7-8-19-13/h3-8,16H,9H2,1-2H3. The lowest BCUT2D eigenvalue weighted by molar-refractivity contribution is 0.0787. The number of thiophene rings is 1. The molecule has 0 saturated heterocycles. The second-order valence-corrected chi connectivity index (χ2v) is 5.06. The number of carbonyl (C=O) groups is 1. The van der Waals surface area contributed by atoms with Crippen LogP contribution in [0.25, 0.3) is 0 Å². The quantitative estimate of drug-likeness (QED) is 0.935. The maximum absolute atomic E-state index is 12.3. The summed E-state index contributed by atoms with van der Waals surface area (Å²) in [6.45, 7) is 0.486. The van der Waals surface area contributed by atoms with Crippen LogP contribution in [0.2, 0.25) is 0 Å². The van der Waals surface area contributed by atoms with Gasteiger partial charge in [0.2, 0.25) is 0 Å². The van der Waals surface area contributed by atoms with Crippen molar-refractivity contribution in [2.45, 2.75) is 6.54 Å². The molecule has 0 radical (unpaired) electrons. The van der Waals surface area contributed by atoms with E-state index in [9.17, 15) is 9.90 Å². The molecule has 1 aromatic carbocycles. The van der Waals surface area contributed by atoms with E-state index in [2.05, 4.69) is 0 Å². The SMILES string of the molecule is COc1ccsc1C(=O)N(C)Cc1ccc(O)cc1. The molecule has 2 aromatic rings. The first-order chi connectivity index (χ1) is 9.11. The fourth-order valence-electron chi connectivity index (χ4n) is 1.73. The van der Waals surface area contributed by atoms with Crippen LogP contribution in [0.5, 0.6) is 11.5 Å². The van der Waals surface area contributed by atoms with Gasteiger partial charge in [-0.25, -0.2) is 0 Å². The molecular weight excluding hydrogens is 262 g/mol. The Labute approximate surface area is 115 Å². The Morgan fingerprint density at radius 3 is 2.63 bits per heavy atom. The van der Waals surface area contributed by atoms with Crippen molar-refractivity contribution in [1.82, 2.24) is 4.90 Å². The fraction of sp³-hybridized carbons (Fsp3) is 0.214. The Kier molecular flexibility index (Phi) is 4.06. The van der Waals surface area contributed by atoms with E-state index in [0.717, 1.165) is 5.56 Å². The molecule has 0 aliphatic rings. The third-order valence-corrected chi connectivity index (χ3v) is 3.63. The highest BCUT2D eigenvalue weighted by atomic mass is 32.1. The van der Waals surface area contributed by atoms with Crippen molar-refractivity contribution in [2.24, 2.45) is 0 Å². The molecule has 0 spiro atoms. The van der Waals surface area contributed by atoms with Gasteiger partial charge in [0, 0.05) is 13.6 Å². The molecule has 1 aromatic heterocycles. The molecule has 0 bridgehead atoms. The highest BCUT2D eigenvalue weighted by Gasteiger charge is 2.18. The number of hydrogen-bond acceptors (Lipinski definition) is 4. The van der Waals surface area contributed by atoms with Crippen LogP contribution >= 0.6 is 11.3 Å². The number of hydrogen-bond donors (Lipinski definition) is 1. The summed E-state index contributed by atoms with van der Waals surface area (Å²) < 4.78 is 5.15. The highest BCUT2D eigenvalue weighted by Crippen LogP contribution is 2.26. The molecule has 1 N–H and O–H groups in total. The van der Waals surface area contributed by atoms with Crippen LogP contribution in [-0.4, -0.2) is 30.1 Å². The van der Waals surface area contributed by atoms with Crippen molar-refractivity contribution in [3.63, 3.8) is 0 Å².